The monoisotopic (exact) mass is 272 g/mol. The number of carbonyl (C=O) groups excluding carboxylic acids is 2. The van der Waals surface area contributed by atoms with E-state index in [4.69, 9.17) is 5.73 Å². The Morgan fingerprint density at radius 3 is 2.85 bits per heavy atom. The molecule has 1 aliphatic rings. The Morgan fingerprint density at radius 2 is 2.10 bits per heavy atom. The minimum atomic E-state index is -0.369. The van der Waals surface area contributed by atoms with E-state index >= 15 is 0 Å². The number of hydrogen-bond acceptors (Lipinski definition) is 4. The van der Waals surface area contributed by atoms with Gasteiger partial charge in [0.25, 0.3) is 5.91 Å². The topological polar surface area (TPSA) is 81.2 Å². The number of aryl methyl sites for hydroxylation is 1. The third-order valence-electron chi connectivity index (χ3n) is 3.82. The minimum absolute atomic E-state index is 0.127. The second-order valence-corrected chi connectivity index (χ2v) is 5.12. The van der Waals surface area contributed by atoms with Crippen molar-refractivity contribution in [3.05, 3.63) is 24.0 Å². The van der Waals surface area contributed by atoms with Crippen LogP contribution in [0.4, 0.5) is 5.69 Å². The van der Waals surface area contributed by atoms with Gasteiger partial charge in [-0.05, 0) is 31.5 Å². The zero-order valence-electron chi connectivity index (χ0n) is 11.5. The van der Waals surface area contributed by atoms with E-state index in [2.05, 4.69) is 4.98 Å². The molecule has 3 rings (SSSR count). The van der Waals surface area contributed by atoms with E-state index in [9.17, 15) is 9.59 Å². The van der Waals surface area contributed by atoms with Crippen LogP contribution in [0.5, 0.6) is 0 Å². The van der Waals surface area contributed by atoms with Crippen LogP contribution >= 0.6 is 0 Å². The number of aromatic nitrogens is 2. The number of anilines is 1. The lowest BCUT2D eigenvalue weighted by molar-refractivity contribution is -0.149. The molecular weight excluding hydrogens is 256 g/mol. The molecule has 1 aromatic carbocycles. The van der Waals surface area contributed by atoms with Crippen molar-refractivity contribution in [2.45, 2.75) is 25.8 Å². The first-order chi connectivity index (χ1) is 9.49. The lowest BCUT2D eigenvalue weighted by Crippen LogP contribution is -2.43. The van der Waals surface area contributed by atoms with Crippen LogP contribution < -0.4 is 5.73 Å². The van der Waals surface area contributed by atoms with Crippen molar-refractivity contribution in [2.24, 2.45) is 0 Å². The van der Waals surface area contributed by atoms with Gasteiger partial charge >= 0.3 is 0 Å². The van der Waals surface area contributed by atoms with Crippen LogP contribution in [-0.4, -0.2) is 33.3 Å². The number of imidazole rings is 1. The number of amides is 2. The van der Waals surface area contributed by atoms with E-state index in [0.29, 0.717) is 18.5 Å². The van der Waals surface area contributed by atoms with Crippen molar-refractivity contribution < 1.29 is 9.59 Å². The third kappa shape index (κ3) is 1.76. The summed E-state index contributed by atoms with van der Waals surface area (Å²) in [6, 6.07) is 5.09. The number of imide groups is 1. The molecular formula is C14H16N4O2. The second kappa shape index (κ2) is 4.33. The van der Waals surface area contributed by atoms with Crippen LogP contribution in [0.15, 0.2) is 18.2 Å². The van der Waals surface area contributed by atoms with E-state index in [1.54, 1.807) is 12.1 Å². The number of piperidine rings is 1. The standard InChI is InChI=1S/C14H16N4O2/c1-8-16-10-7-9(15)3-4-11(10)18(8)12-5-6-13(19)17(2)14(12)20/h3-4,7,12H,5-6,15H2,1-2H3. The molecule has 2 N–H and O–H groups in total. The Morgan fingerprint density at radius 1 is 1.35 bits per heavy atom. The van der Waals surface area contributed by atoms with Gasteiger partial charge in [0.05, 0.1) is 11.0 Å². The number of nitrogens with zero attached hydrogens (tertiary/aromatic N) is 3. The number of rotatable bonds is 1. The molecule has 1 aromatic heterocycles. The molecule has 1 fully saturated rings. The summed E-state index contributed by atoms with van der Waals surface area (Å²) in [6.07, 6.45) is 0.889. The number of likely N-dealkylation sites (N-methyl/N-ethyl adjacent to an activating group) is 1. The van der Waals surface area contributed by atoms with E-state index in [1.165, 1.54) is 11.9 Å². The fourth-order valence-corrected chi connectivity index (χ4v) is 2.77. The van der Waals surface area contributed by atoms with E-state index in [1.807, 2.05) is 17.6 Å². The van der Waals surface area contributed by atoms with Gasteiger partial charge in [0.2, 0.25) is 5.91 Å². The predicted octanol–water partition coefficient (Wildman–Crippen LogP) is 1.25. The summed E-state index contributed by atoms with van der Waals surface area (Å²) in [4.78, 5) is 29.6. The van der Waals surface area contributed by atoms with Crippen LogP contribution in [0.3, 0.4) is 0 Å². The summed E-state index contributed by atoms with van der Waals surface area (Å²) >= 11 is 0. The van der Waals surface area contributed by atoms with Crippen molar-refractivity contribution in [1.29, 1.82) is 0 Å². The number of hydrogen-bond donors (Lipinski definition) is 1. The van der Waals surface area contributed by atoms with Gasteiger partial charge in [-0.3, -0.25) is 14.5 Å². The van der Waals surface area contributed by atoms with Crippen molar-refractivity contribution in [3.63, 3.8) is 0 Å². The fourth-order valence-electron chi connectivity index (χ4n) is 2.77. The van der Waals surface area contributed by atoms with Gasteiger partial charge in [0.15, 0.2) is 0 Å². The number of carbonyl (C=O) groups is 2. The first kappa shape index (κ1) is 12.7. The van der Waals surface area contributed by atoms with Crippen LogP contribution in [-0.2, 0) is 9.59 Å². The van der Waals surface area contributed by atoms with Crippen LogP contribution in [0.25, 0.3) is 11.0 Å². The Bertz CT molecular complexity index is 719. The Balaban J connectivity index is 2.12. The summed E-state index contributed by atoms with van der Waals surface area (Å²) in [5.74, 6) is 0.449. The normalized spacial score (nSPS) is 19.9. The summed E-state index contributed by atoms with van der Waals surface area (Å²) in [5.41, 5.74) is 8.05. The third-order valence-corrected chi connectivity index (χ3v) is 3.82. The maximum atomic E-state index is 12.3. The Kier molecular flexibility index (Phi) is 2.74. The SMILES string of the molecule is Cc1nc2cc(N)ccc2n1C1CCC(=O)N(C)C1=O. The van der Waals surface area contributed by atoms with Gasteiger partial charge < -0.3 is 10.3 Å². The largest absolute Gasteiger partial charge is 0.399 e. The van der Waals surface area contributed by atoms with Crippen LogP contribution in [0, 0.1) is 6.92 Å². The molecule has 1 aliphatic heterocycles. The van der Waals surface area contributed by atoms with Gasteiger partial charge in [-0.2, -0.15) is 0 Å². The smallest absolute Gasteiger partial charge is 0.252 e. The molecule has 0 spiro atoms. The lowest BCUT2D eigenvalue weighted by atomic mass is 10.0. The van der Waals surface area contributed by atoms with Crippen molar-refractivity contribution >= 4 is 28.5 Å². The van der Waals surface area contributed by atoms with Crippen LogP contribution in [0.1, 0.15) is 24.7 Å². The molecule has 2 amide bonds. The zero-order chi connectivity index (χ0) is 14.4. The molecule has 1 unspecified atom stereocenters. The highest BCUT2D eigenvalue weighted by molar-refractivity contribution is 6.00. The number of benzene rings is 1. The highest BCUT2D eigenvalue weighted by Gasteiger charge is 2.34. The van der Waals surface area contributed by atoms with Gasteiger partial charge in [-0.25, -0.2) is 4.98 Å². The molecule has 2 aromatic rings. The molecule has 0 radical (unpaired) electrons. The zero-order valence-corrected chi connectivity index (χ0v) is 11.5. The Labute approximate surface area is 116 Å². The van der Waals surface area contributed by atoms with E-state index < -0.39 is 0 Å². The molecule has 104 valence electrons. The fraction of sp³-hybridized carbons (Fsp3) is 0.357. The minimum Gasteiger partial charge on any atom is -0.399 e. The molecule has 0 saturated carbocycles. The molecule has 6 heteroatoms. The first-order valence-electron chi connectivity index (χ1n) is 6.53. The number of fused-ring (bicyclic) bond motifs is 1. The van der Waals surface area contributed by atoms with Crippen molar-refractivity contribution in [3.8, 4) is 0 Å². The second-order valence-electron chi connectivity index (χ2n) is 5.12. The quantitative estimate of drug-likeness (QED) is 0.625. The van der Waals surface area contributed by atoms with E-state index in [0.717, 1.165) is 16.9 Å². The average Bonchev–Trinajstić information content (AvgIpc) is 2.72. The van der Waals surface area contributed by atoms with Gasteiger partial charge in [0.1, 0.15) is 11.9 Å². The highest BCUT2D eigenvalue weighted by atomic mass is 16.2. The molecule has 1 atom stereocenters. The maximum absolute atomic E-state index is 12.3. The molecule has 0 bridgehead atoms. The summed E-state index contributed by atoms with van der Waals surface area (Å²) < 4.78 is 1.90. The van der Waals surface area contributed by atoms with E-state index in [-0.39, 0.29) is 17.9 Å². The molecule has 1 saturated heterocycles. The first-order valence-corrected chi connectivity index (χ1v) is 6.53. The average molecular weight is 272 g/mol. The molecule has 0 aliphatic carbocycles. The maximum Gasteiger partial charge on any atom is 0.252 e. The summed E-state index contributed by atoms with van der Waals surface area (Å²) in [7, 11) is 1.53. The number of nitrogen functional groups attached to an aromatic ring is 1. The summed E-state index contributed by atoms with van der Waals surface area (Å²) in [5, 5.41) is 0. The van der Waals surface area contributed by atoms with Gasteiger partial charge in [-0.15, -0.1) is 0 Å². The highest BCUT2D eigenvalue weighted by Crippen LogP contribution is 2.29. The summed E-state index contributed by atoms with van der Waals surface area (Å²) in [6.45, 7) is 1.86. The number of nitrogens with two attached hydrogens (primary N) is 1. The Hall–Kier alpha value is -2.37. The van der Waals surface area contributed by atoms with Gasteiger partial charge in [0, 0.05) is 19.2 Å². The van der Waals surface area contributed by atoms with Crippen LogP contribution in [0.2, 0.25) is 0 Å². The predicted molar refractivity (Wildman–Crippen MR) is 74.9 cm³/mol. The lowest BCUT2D eigenvalue weighted by Gasteiger charge is -2.29. The molecule has 6 nitrogen and oxygen atoms in total. The number of likely N-dealkylation sites (tertiary alicyclic amines) is 1. The van der Waals surface area contributed by atoms with Gasteiger partial charge in [-0.1, -0.05) is 0 Å². The van der Waals surface area contributed by atoms with Crippen molar-refractivity contribution in [1.82, 2.24) is 14.5 Å². The van der Waals surface area contributed by atoms with Crippen molar-refractivity contribution in [2.75, 3.05) is 12.8 Å². The molecule has 20 heavy (non-hydrogen) atoms. The molecule has 2 heterocycles.